The summed E-state index contributed by atoms with van der Waals surface area (Å²) in [5.41, 5.74) is 7.24. The number of azo groups is 1. The summed E-state index contributed by atoms with van der Waals surface area (Å²) in [6.45, 7) is 0. The average molecular weight is 282 g/mol. The van der Waals surface area contributed by atoms with E-state index in [1.807, 2.05) is 0 Å². The molecule has 2 rings (SSSR count). The van der Waals surface area contributed by atoms with Gasteiger partial charge >= 0.3 is 0 Å². The highest BCUT2D eigenvalue weighted by molar-refractivity contribution is 6.36. The van der Waals surface area contributed by atoms with Crippen molar-refractivity contribution < 1.29 is 5.11 Å². The first-order valence-corrected chi connectivity index (χ1v) is 5.77. The van der Waals surface area contributed by atoms with Crippen LogP contribution in [0.5, 0.6) is 5.75 Å². The number of hydrogen-bond acceptors (Lipinski definition) is 4. The van der Waals surface area contributed by atoms with Crippen LogP contribution in [0, 0.1) is 0 Å². The molecule has 6 heteroatoms. The maximum absolute atomic E-state index is 9.34. The van der Waals surface area contributed by atoms with Crippen molar-refractivity contribution >= 4 is 40.3 Å². The second-order valence-corrected chi connectivity index (χ2v) is 4.36. The number of nitrogens with two attached hydrogens (primary N) is 1. The highest BCUT2D eigenvalue weighted by Gasteiger charge is 2.05. The zero-order valence-electron chi connectivity index (χ0n) is 9.14. The standard InChI is InChI=1S/C12H9Cl2N3O/c13-9-6-12(18)10(14)5-11(9)17-16-8-3-1-7(15)2-4-8/h1-6,18H,15H2. The predicted molar refractivity (Wildman–Crippen MR) is 73.2 cm³/mol. The molecule has 0 unspecified atom stereocenters. The summed E-state index contributed by atoms with van der Waals surface area (Å²) in [4.78, 5) is 0. The Hall–Kier alpha value is -1.78. The Balaban J connectivity index is 2.28. The van der Waals surface area contributed by atoms with Crippen molar-refractivity contribution in [1.29, 1.82) is 0 Å². The van der Waals surface area contributed by atoms with Gasteiger partial charge in [0.25, 0.3) is 0 Å². The molecule has 0 saturated carbocycles. The summed E-state index contributed by atoms with van der Waals surface area (Å²) in [5, 5.41) is 17.7. The van der Waals surface area contributed by atoms with E-state index in [4.69, 9.17) is 28.9 Å². The molecule has 0 fully saturated rings. The first kappa shape index (κ1) is 12.7. The number of hydrogen-bond donors (Lipinski definition) is 2. The van der Waals surface area contributed by atoms with Gasteiger partial charge in [-0.25, -0.2) is 0 Å². The monoisotopic (exact) mass is 281 g/mol. The lowest BCUT2D eigenvalue weighted by Gasteiger charge is -2.00. The van der Waals surface area contributed by atoms with Gasteiger partial charge in [0.05, 0.1) is 15.7 Å². The fourth-order valence-electron chi connectivity index (χ4n) is 1.26. The second-order valence-electron chi connectivity index (χ2n) is 3.55. The van der Waals surface area contributed by atoms with Crippen LogP contribution in [0.4, 0.5) is 17.1 Å². The topological polar surface area (TPSA) is 71.0 Å². The summed E-state index contributed by atoms with van der Waals surface area (Å²) in [6, 6.07) is 9.67. The average Bonchev–Trinajstić information content (AvgIpc) is 2.34. The van der Waals surface area contributed by atoms with E-state index in [-0.39, 0.29) is 15.8 Å². The minimum Gasteiger partial charge on any atom is -0.506 e. The van der Waals surface area contributed by atoms with Crippen molar-refractivity contribution in [3.63, 3.8) is 0 Å². The number of anilines is 1. The van der Waals surface area contributed by atoms with Gasteiger partial charge in [-0.05, 0) is 30.3 Å². The molecular formula is C12H9Cl2N3O. The van der Waals surface area contributed by atoms with E-state index in [0.717, 1.165) is 0 Å². The van der Waals surface area contributed by atoms with Crippen molar-refractivity contribution in [2.24, 2.45) is 10.2 Å². The van der Waals surface area contributed by atoms with Crippen LogP contribution >= 0.6 is 23.2 Å². The Morgan fingerprint density at radius 2 is 1.61 bits per heavy atom. The number of phenols is 1. The lowest BCUT2D eigenvalue weighted by molar-refractivity contribution is 0.475. The number of halogens is 2. The Morgan fingerprint density at radius 3 is 2.28 bits per heavy atom. The molecule has 0 aliphatic carbocycles. The zero-order valence-corrected chi connectivity index (χ0v) is 10.7. The molecular weight excluding hydrogens is 273 g/mol. The van der Waals surface area contributed by atoms with E-state index in [1.165, 1.54) is 12.1 Å². The van der Waals surface area contributed by atoms with Gasteiger partial charge in [-0.15, -0.1) is 5.11 Å². The van der Waals surface area contributed by atoms with E-state index in [9.17, 15) is 5.11 Å². The number of nitrogen functional groups attached to an aromatic ring is 1. The van der Waals surface area contributed by atoms with Gasteiger partial charge in [-0.3, -0.25) is 0 Å². The van der Waals surface area contributed by atoms with Gasteiger partial charge in [0.1, 0.15) is 11.4 Å². The van der Waals surface area contributed by atoms with Crippen LogP contribution in [-0.2, 0) is 0 Å². The maximum Gasteiger partial charge on any atom is 0.135 e. The van der Waals surface area contributed by atoms with Gasteiger partial charge in [0, 0.05) is 11.8 Å². The Labute approximate surface area is 114 Å². The van der Waals surface area contributed by atoms with Crippen molar-refractivity contribution in [3.8, 4) is 5.75 Å². The molecule has 2 aromatic rings. The maximum atomic E-state index is 9.34. The molecule has 18 heavy (non-hydrogen) atoms. The number of rotatable bonds is 2. The van der Waals surface area contributed by atoms with Crippen LogP contribution in [0.3, 0.4) is 0 Å². The van der Waals surface area contributed by atoms with E-state index in [2.05, 4.69) is 10.2 Å². The SMILES string of the molecule is Nc1ccc(N=Nc2cc(Cl)c(O)cc2Cl)cc1. The fourth-order valence-corrected chi connectivity index (χ4v) is 1.61. The van der Waals surface area contributed by atoms with Gasteiger partial charge in [0.15, 0.2) is 0 Å². The lowest BCUT2D eigenvalue weighted by atomic mass is 10.3. The number of benzene rings is 2. The third-order valence-electron chi connectivity index (χ3n) is 2.18. The summed E-state index contributed by atoms with van der Waals surface area (Å²) >= 11 is 11.7. The number of nitrogens with zero attached hydrogens (tertiary/aromatic N) is 2. The quantitative estimate of drug-likeness (QED) is 0.619. The highest BCUT2D eigenvalue weighted by atomic mass is 35.5. The van der Waals surface area contributed by atoms with Crippen LogP contribution in [-0.4, -0.2) is 5.11 Å². The molecule has 0 amide bonds. The molecule has 0 aromatic heterocycles. The van der Waals surface area contributed by atoms with E-state index < -0.39 is 0 Å². The van der Waals surface area contributed by atoms with Crippen molar-refractivity contribution in [2.75, 3.05) is 5.73 Å². The van der Waals surface area contributed by atoms with E-state index in [1.54, 1.807) is 24.3 Å². The molecule has 0 aliphatic rings. The van der Waals surface area contributed by atoms with Crippen LogP contribution < -0.4 is 5.73 Å². The smallest absolute Gasteiger partial charge is 0.135 e. The van der Waals surface area contributed by atoms with Gasteiger partial charge in [-0.1, -0.05) is 23.2 Å². The van der Waals surface area contributed by atoms with Crippen molar-refractivity contribution in [2.45, 2.75) is 0 Å². The van der Waals surface area contributed by atoms with Gasteiger partial charge in [0.2, 0.25) is 0 Å². The van der Waals surface area contributed by atoms with Crippen molar-refractivity contribution in [1.82, 2.24) is 0 Å². The summed E-state index contributed by atoms with van der Waals surface area (Å²) < 4.78 is 0. The molecule has 0 saturated heterocycles. The number of phenolic OH excluding ortho intramolecular Hbond substituents is 1. The third-order valence-corrected chi connectivity index (χ3v) is 2.79. The minimum absolute atomic E-state index is 0.0897. The lowest BCUT2D eigenvalue weighted by Crippen LogP contribution is -1.80. The Morgan fingerprint density at radius 1 is 0.944 bits per heavy atom. The third kappa shape index (κ3) is 2.91. The molecule has 0 bridgehead atoms. The van der Waals surface area contributed by atoms with Crippen LogP contribution in [0.2, 0.25) is 10.0 Å². The Kier molecular flexibility index (Phi) is 3.69. The van der Waals surface area contributed by atoms with E-state index >= 15 is 0 Å². The predicted octanol–water partition coefficient (Wildman–Crippen LogP) is 4.70. The molecule has 3 N–H and O–H groups in total. The first-order valence-electron chi connectivity index (χ1n) is 5.01. The molecule has 0 spiro atoms. The van der Waals surface area contributed by atoms with Gasteiger partial charge in [-0.2, -0.15) is 5.11 Å². The van der Waals surface area contributed by atoms with E-state index in [0.29, 0.717) is 17.1 Å². The Bertz CT molecular complexity index is 597. The zero-order chi connectivity index (χ0) is 13.1. The minimum atomic E-state index is -0.0897. The molecule has 0 heterocycles. The summed E-state index contributed by atoms with van der Waals surface area (Å²) in [6.07, 6.45) is 0. The molecule has 2 aromatic carbocycles. The first-order chi connectivity index (χ1) is 8.56. The molecule has 4 nitrogen and oxygen atoms in total. The fraction of sp³-hybridized carbons (Fsp3) is 0. The van der Waals surface area contributed by atoms with Crippen molar-refractivity contribution in [3.05, 3.63) is 46.4 Å². The van der Waals surface area contributed by atoms with Crippen LogP contribution in [0.25, 0.3) is 0 Å². The molecule has 92 valence electrons. The van der Waals surface area contributed by atoms with Crippen LogP contribution in [0.15, 0.2) is 46.6 Å². The second kappa shape index (κ2) is 5.25. The molecule has 0 aliphatic heterocycles. The largest absolute Gasteiger partial charge is 0.506 e. The number of aromatic hydroxyl groups is 1. The van der Waals surface area contributed by atoms with Gasteiger partial charge < -0.3 is 10.8 Å². The summed E-state index contributed by atoms with van der Waals surface area (Å²) in [5.74, 6) is -0.0897. The molecule has 0 radical (unpaired) electrons. The molecule has 0 atom stereocenters. The normalized spacial score (nSPS) is 11.0. The van der Waals surface area contributed by atoms with Crippen LogP contribution in [0.1, 0.15) is 0 Å². The highest BCUT2D eigenvalue weighted by Crippen LogP contribution is 2.35. The summed E-state index contributed by atoms with van der Waals surface area (Å²) in [7, 11) is 0.